The van der Waals surface area contributed by atoms with Crippen molar-refractivity contribution in [3.63, 3.8) is 0 Å². The Balaban J connectivity index is 2.11. The van der Waals surface area contributed by atoms with Crippen LogP contribution in [0.15, 0.2) is 18.2 Å². The van der Waals surface area contributed by atoms with Gasteiger partial charge in [0.05, 0.1) is 6.10 Å². The predicted octanol–water partition coefficient (Wildman–Crippen LogP) is 3.98. The Kier molecular flexibility index (Phi) is 4.65. The molecule has 18 heavy (non-hydrogen) atoms. The zero-order chi connectivity index (χ0) is 13.0. The van der Waals surface area contributed by atoms with Gasteiger partial charge in [0.2, 0.25) is 0 Å². The normalized spacial score (nSPS) is 18.6. The van der Waals surface area contributed by atoms with E-state index >= 15 is 0 Å². The lowest BCUT2D eigenvalue weighted by atomic mass is 9.97. The fraction of sp³-hybridized carbons (Fsp3) is 0.625. The summed E-state index contributed by atoms with van der Waals surface area (Å²) in [6.45, 7) is 4.20. The summed E-state index contributed by atoms with van der Waals surface area (Å²) in [7, 11) is 0. The number of rotatable bonds is 4. The van der Waals surface area contributed by atoms with Crippen molar-refractivity contribution >= 4 is 0 Å². The number of hydrogen-bond acceptors (Lipinski definition) is 2. The van der Waals surface area contributed by atoms with Gasteiger partial charge in [0.1, 0.15) is 5.75 Å². The van der Waals surface area contributed by atoms with Crippen LogP contribution in [0.4, 0.5) is 0 Å². The molecular formula is C16H25NO. The van der Waals surface area contributed by atoms with E-state index in [4.69, 9.17) is 10.5 Å². The number of nitrogens with two attached hydrogens (primary N) is 1. The van der Waals surface area contributed by atoms with Gasteiger partial charge in [-0.15, -0.1) is 0 Å². The Morgan fingerprint density at radius 1 is 1.28 bits per heavy atom. The molecule has 0 amide bonds. The third kappa shape index (κ3) is 3.26. The lowest BCUT2D eigenvalue weighted by Crippen LogP contribution is -2.20. The standard InChI is InChI=1S/C16H25NO/c1-3-13-11-14(12(2)17)9-10-16(13)18-15-7-5-4-6-8-15/h9-12,15H,3-8,17H2,1-2H3. The second-order valence-corrected chi connectivity index (χ2v) is 5.39. The van der Waals surface area contributed by atoms with Gasteiger partial charge in [0.15, 0.2) is 0 Å². The predicted molar refractivity (Wildman–Crippen MR) is 75.9 cm³/mol. The number of ether oxygens (including phenoxy) is 1. The van der Waals surface area contributed by atoms with Crippen molar-refractivity contribution in [2.24, 2.45) is 5.73 Å². The summed E-state index contributed by atoms with van der Waals surface area (Å²) in [6.07, 6.45) is 7.82. The summed E-state index contributed by atoms with van der Waals surface area (Å²) >= 11 is 0. The van der Waals surface area contributed by atoms with Crippen molar-refractivity contribution in [3.05, 3.63) is 29.3 Å². The molecule has 0 heterocycles. The maximum absolute atomic E-state index is 6.17. The monoisotopic (exact) mass is 247 g/mol. The first-order valence-electron chi connectivity index (χ1n) is 7.25. The molecule has 0 radical (unpaired) electrons. The van der Waals surface area contributed by atoms with Gasteiger partial charge in [-0.3, -0.25) is 0 Å². The van der Waals surface area contributed by atoms with Gasteiger partial charge < -0.3 is 10.5 Å². The molecule has 0 aromatic heterocycles. The van der Waals surface area contributed by atoms with Crippen LogP contribution in [0.1, 0.15) is 63.1 Å². The first kappa shape index (κ1) is 13.4. The summed E-state index contributed by atoms with van der Waals surface area (Å²) in [6, 6.07) is 6.50. The molecule has 1 atom stereocenters. The van der Waals surface area contributed by atoms with Crippen LogP contribution in [0.3, 0.4) is 0 Å². The van der Waals surface area contributed by atoms with E-state index in [0.717, 1.165) is 12.2 Å². The van der Waals surface area contributed by atoms with Crippen molar-refractivity contribution in [2.75, 3.05) is 0 Å². The van der Waals surface area contributed by atoms with E-state index in [0.29, 0.717) is 6.10 Å². The van der Waals surface area contributed by atoms with E-state index in [1.54, 1.807) is 0 Å². The minimum absolute atomic E-state index is 0.0963. The second-order valence-electron chi connectivity index (χ2n) is 5.39. The number of aryl methyl sites for hydroxylation is 1. The minimum atomic E-state index is 0.0963. The van der Waals surface area contributed by atoms with Crippen LogP contribution in [0.25, 0.3) is 0 Å². The first-order chi connectivity index (χ1) is 8.70. The number of hydrogen-bond donors (Lipinski definition) is 1. The highest BCUT2D eigenvalue weighted by Gasteiger charge is 2.16. The molecule has 2 N–H and O–H groups in total. The molecule has 0 aliphatic heterocycles. The summed E-state index contributed by atoms with van der Waals surface area (Å²) in [5.41, 5.74) is 8.42. The van der Waals surface area contributed by atoms with Crippen molar-refractivity contribution in [2.45, 2.75) is 64.5 Å². The van der Waals surface area contributed by atoms with E-state index in [2.05, 4.69) is 25.1 Å². The van der Waals surface area contributed by atoms with Gasteiger partial charge in [-0.1, -0.05) is 25.5 Å². The molecule has 1 saturated carbocycles. The van der Waals surface area contributed by atoms with E-state index in [9.17, 15) is 0 Å². The molecule has 0 saturated heterocycles. The lowest BCUT2D eigenvalue weighted by Gasteiger charge is -2.24. The molecule has 2 nitrogen and oxygen atoms in total. The fourth-order valence-corrected chi connectivity index (χ4v) is 2.64. The summed E-state index contributed by atoms with van der Waals surface area (Å²) in [4.78, 5) is 0. The summed E-state index contributed by atoms with van der Waals surface area (Å²) in [5, 5.41) is 0. The maximum atomic E-state index is 6.17. The van der Waals surface area contributed by atoms with Crippen LogP contribution in [-0.2, 0) is 6.42 Å². The molecule has 0 bridgehead atoms. The third-order valence-corrected chi connectivity index (χ3v) is 3.84. The maximum Gasteiger partial charge on any atom is 0.122 e. The highest BCUT2D eigenvalue weighted by atomic mass is 16.5. The van der Waals surface area contributed by atoms with Crippen molar-refractivity contribution in [1.29, 1.82) is 0 Å². The SMILES string of the molecule is CCc1cc(C(C)N)ccc1OC1CCCCC1. The van der Waals surface area contributed by atoms with Gasteiger partial charge in [0.25, 0.3) is 0 Å². The van der Waals surface area contributed by atoms with E-state index in [-0.39, 0.29) is 6.04 Å². The average Bonchev–Trinajstić information content (AvgIpc) is 2.40. The Morgan fingerprint density at radius 3 is 2.61 bits per heavy atom. The zero-order valence-electron chi connectivity index (χ0n) is 11.6. The Labute approximate surface area is 111 Å². The second kappa shape index (κ2) is 6.24. The quantitative estimate of drug-likeness (QED) is 0.873. The fourth-order valence-electron chi connectivity index (χ4n) is 2.64. The molecule has 1 aromatic carbocycles. The van der Waals surface area contributed by atoms with Gasteiger partial charge in [0, 0.05) is 6.04 Å². The van der Waals surface area contributed by atoms with Crippen molar-refractivity contribution in [1.82, 2.24) is 0 Å². The van der Waals surface area contributed by atoms with Gasteiger partial charge >= 0.3 is 0 Å². The lowest BCUT2D eigenvalue weighted by molar-refractivity contribution is 0.153. The van der Waals surface area contributed by atoms with Crippen LogP contribution >= 0.6 is 0 Å². The largest absolute Gasteiger partial charge is 0.490 e. The topological polar surface area (TPSA) is 35.2 Å². The molecule has 1 aromatic rings. The summed E-state index contributed by atoms with van der Waals surface area (Å²) < 4.78 is 6.17. The minimum Gasteiger partial charge on any atom is -0.490 e. The molecule has 1 unspecified atom stereocenters. The van der Waals surface area contributed by atoms with Crippen LogP contribution in [0, 0.1) is 0 Å². The zero-order valence-corrected chi connectivity index (χ0v) is 11.6. The Bertz CT molecular complexity index is 381. The molecule has 100 valence electrons. The molecule has 2 rings (SSSR count). The molecule has 1 fully saturated rings. The van der Waals surface area contributed by atoms with Crippen LogP contribution < -0.4 is 10.5 Å². The molecular weight excluding hydrogens is 222 g/mol. The van der Waals surface area contributed by atoms with E-state index in [1.165, 1.54) is 43.2 Å². The first-order valence-corrected chi connectivity index (χ1v) is 7.25. The van der Waals surface area contributed by atoms with Gasteiger partial charge in [-0.2, -0.15) is 0 Å². The van der Waals surface area contributed by atoms with Crippen molar-refractivity contribution < 1.29 is 4.74 Å². The van der Waals surface area contributed by atoms with Gasteiger partial charge in [-0.25, -0.2) is 0 Å². The Hall–Kier alpha value is -1.02. The summed E-state index contributed by atoms with van der Waals surface area (Å²) in [5.74, 6) is 1.06. The molecule has 1 aliphatic rings. The highest BCUT2D eigenvalue weighted by Crippen LogP contribution is 2.28. The average molecular weight is 247 g/mol. The van der Waals surface area contributed by atoms with E-state index in [1.807, 2.05) is 6.92 Å². The number of benzene rings is 1. The van der Waals surface area contributed by atoms with Crippen LogP contribution in [-0.4, -0.2) is 6.10 Å². The molecule has 0 spiro atoms. The van der Waals surface area contributed by atoms with Crippen LogP contribution in [0.5, 0.6) is 5.75 Å². The van der Waals surface area contributed by atoms with E-state index < -0.39 is 0 Å². The Morgan fingerprint density at radius 2 is 2.00 bits per heavy atom. The highest BCUT2D eigenvalue weighted by molar-refractivity contribution is 5.38. The smallest absolute Gasteiger partial charge is 0.122 e. The van der Waals surface area contributed by atoms with Crippen molar-refractivity contribution in [3.8, 4) is 5.75 Å². The third-order valence-electron chi connectivity index (χ3n) is 3.84. The van der Waals surface area contributed by atoms with Gasteiger partial charge in [-0.05, 0) is 56.2 Å². The molecule has 1 aliphatic carbocycles. The molecule has 2 heteroatoms. The van der Waals surface area contributed by atoms with Crippen LogP contribution in [0.2, 0.25) is 0 Å².